The van der Waals surface area contributed by atoms with Crippen LogP contribution in [-0.2, 0) is 11.0 Å². The van der Waals surface area contributed by atoms with E-state index in [0.717, 1.165) is 18.2 Å². The Labute approximate surface area is 114 Å². The highest BCUT2D eigenvalue weighted by molar-refractivity contribution is 7.80. The van der Waals surface area contributed by atoms with Crippen molar-refractivity contribution in [3.05, 3.63) is 29.3 Å². The summed E-state index contributed by atoms with van der Waals surface area (Å²) in [7, 11) is 0. The third-order valence-electron chi connectivity index (χ3n) is 2.36. The first-order chi connectivity index (χ1) is 8.75. The zero-order valence-electron chi connectivity index (χ0n) is 10.2. The Morgan fingerprint density at radius 3 is 2.53 bits per heavy atom. The van der Waals surface area contributed by atoms with Crippen molar-refractivity contribution in [2.24, 2.45) is 5.73 Å². The van der Waals surface area contributed by atoms with Crippen LogP contribution in [0.2, 0.25) is 0 Å². The lowest BCUT2D eigenvalue weighted by Crippen LogP contribution is -2.18. The molecule has 0 bridgehead atoms. The van der Waals surface area contributed by atoms with Gasteiger partial charge in [0.2, 0.25) is 5.91 Å². The molecule has 0 saturated carbocycles. The first-order valence-corrected chi connectivity index (χ1v) is 5.97. The Morgan fingerprint density at radius 1 is 1.42 bits per heavy atom. The van der Waals surface area contributed by atoms with Gasteiger partial charge in [-0.25, -0.2) is 0 Å². The minimum atomic E-state index is -4.48. The molecule has 0 aliphatic carbocycles. The molecule has 0 fully saturated rings. The van der Waals surface area contributed by atoms with Gasteiger partial charge in [-0.15, -0.1) is 0 Å². The summed E-state index contributed by atoms with van der Waals surface area (Å²) in [5, 5.41) is 2.50. The molecule has 19 heavy (non-hydrogen) atoms. The van der Waals surface area contributed by atoms with E-state index in [1.54, 1.807) is 0 Å². The van der Waals surface area contributed by atoms with Crippen LogP contribution < -0.4 is 11.1 Å². The molecular weight excluding hydrogens is 277 g/mol. The van der Waals surface area contributed by atoms with Crippen molar-refractivity contribution in [2.75, 3.05) is 5.32 Å². The minimum absolute atomic E-state index is 0.00859. The Balaban J connectivity index is 3.12. The number of alkyl halides is 3. The molecule has 1 amide bonds. The summed E-state index contributed by atoms with van der Waals surface area (Å²) in [6, 6.07) is 2.87. The Morgan fingerprint density at radius 2 is 2.05 bits per heavy atom. The molecule has 1 aromatic carbocycles. The number of halogens is 3. The second kappa shape index (κ2) is 6.01. The lowest BCUT2D eigenvalue weighted by atomic mass is 10.1. The van der Waals surface area contributed by atoms with Crippen molar-refractivity contribution in [3.63, 3.8) is 0 Å². The van der Waals surface area contributed by atoms with Crippen molar-refractivity contribution in [2.45, 2.75) is 25.9 Å². The van der Waals surface area contributed by atoms with Crippen LogP contribution in [0.5, 0.6) is 0 Å². The number of benzene rings is 1. The van der Waals surface area contributed by atoms with Crippen LogP contribution in [0.3, 0.4) is 0 Å². The van der Waals surface area contributed by atoms with E-state index in [0.29, 0.717) is 6.42 Å². The van der Waals surface area contributed by atoms with Crippen LogP contribution in [0.25, 0.3) is 0 Å². The molecule has 0 aliphatic rings. The minimum Gasteiger partial charge on any atom is -0.389 e. The van der Waals surface area contributed by atoms with Crippen molar-refractivity contribution < 1.29 is 18.0 Å². The summed E-state index contributed by atoms with van der Waals surface area (Å²) in [5.41, 5.74) is 4.73. The predicted molar refractivity (Wildman–Crippen MR) is 70.9 cm³/mol. The second-order valence-corrected chi connectivity index (χ2v) is 4.36. The fourth-order valence-electron chi connectivity index (χ4n) is 1.47. The first kappa shape index (κ1) is 15.4. The van der Waals surface area contributed by atoms with Gasteiger partial charge in [0.15, 0.2) is 0 Å². The van der Waals surface area contributed by atoms with Gasteiger partial charge in [0.1, 0.15) is 4.99 Å². The monoisotopic (exact) mass is 290 g/mol. The summed E-state index contributed by atoms with van der Waals surface area (Å²) < 4.78 is 37.7. The van der Waals surface area contributed by atoms with Gasteiger partial charge >= 0.3 is 6.18 Å². The second-order valence-electron chi connectivity index (χ2n) is 3.92. The first-order valence-electron chi connectivity index (χ1n) is 5.56. The number of nitrogens with one attached hydrogen (secondary N) is 1. The maximum atomic E-state index is 12.6. The van der Waals surface area contributed by atoms with Gasteiger partial charge < -0.3 is 11.1 Å². The van der Waals surface area contributed by atoms with E-state index < -0.39 is 11.7 Å². The zero-order valence-corrected chi connectivity index (χ0v) is 11.0. The molecule has 7 heteroatoms. The van der Waals surface area contributed by atoms with Crippen LogP contribution in [0.1, 0.15) is 30.9 Å². The molecule has 0 radical (unpaired) electrons. The highest BCUT2D eigenvalue weighted by Gasteiger charge is 2.31. The van der Waals surface area contributed by atoms with E-state index in [4.69, 9.17) is 18.0 Å². The molecular formula is C12H13F3N2OS. The van der Waals surface area contributed by atoms with Crippen LogP contribution in [-0.4, -0.2) is 10.9 Å². The molecule has 0 heterocycles. The molecule has 0 atom stereocenters. The molecule has 1 rings (SSSR count). The van der Waals surface area contributed by atoms with Gasteiger partial charge in [-0.2, -0.15) is 13.2 Å². The van der Waals surface area contributed by atoms with Gasteiger partial charge in [-0.05, 0) is 24.6 Å². The molecule has 1 aromatic rings. The average Bonchev–Trinajstić information content (AvgIpc) is 2.27. The number of nitrogens with two attached hydrogens (primary N) is 1. The van der Waals surface area contributed by atoms with Crippen LogP contribution in [0.4, 0.5) is 18.9 Å². The number of carbonyl (C=O) groups excluding carboxylic acids is 1. The SMILES string of the molecule is CCCC(=O)Nc1ccc(C(F)(F)F)cc1C(N)=S. The smallest absolute Gasteiger partial charge is 0.389 e. The van der Waals surface area contributed by atoms with Gasteiger partial charge in [-0.1, -0.05) is 19.1 Å². The molecule has 3 N–H and O–H groups in total. The van der Waals surface area contributed by atoms with Crippen LogP contribution in [0, 0.1) is 0 Å². The molecule has 0 aromatic heterocycles. The molecule has 0 aliphatic heterocycles. The lowest BCUT2D eigenvalue weighted by molar-refractivity contribution is -0.137. The third-order valence-corrected chi connectivity index (χ3v) is 2.58. The number of anilines is 1. The highest BCUT2D eigenvalue weighted by atomic mass is 32.1. The number of carbonyl (C=O) groups is 1. The van der Waals surface area contributed by atoms with Crippen molar-refractivity contribution >= 4 is 28.8 Å². The number of rotatable bonds is 4. The maximum absolute atomic E-state index is 12.6. The Bertz CT molecular complexity index is 500. The number of hydrogen-bond acceptors (Lipinski definition) is 2. The predicted octanol–water partition coefficient (Wildman–Crippen LogP) is 3.08. The molecule has 0 unspecified atom stereocenters. The van der Waals surface area contributed by atoms with E-state index in [2.05, 4.69) is 5.32 Å². The molecule has 104 valence electrons. The summed E-state index contributed by atoms with van der Waals surface area (Å²) in [5.74, 6) is -0.292. The van der Waals surface area contributed by atoms with E-state index in [-0.39, 0.29) is 28.6 Å². The average molecular weight is 290 g/mol. The van der Waals surface area contributed by atoms with Gasteiger partial charge in [0.25, 0.3) is 0 Å². The summed E-state index contributed by atoms with van der Waals surface area (Å²) >= 11 is 4.71. The van der Waals surface area contributed by atoms with Crippen molar-refractivity contribution in [1.29, 1.82) is 0 Å². The molecule has 3 nitrogen and oxygen atoms in total. The van der Waals surface area contributed by atoms with E-state index in [9.17, 15) is 18.0 Å². The van der Waals surface area contributed by atoms with Crippen LogP contribution >= 0.6 is 12.2 Å². The topological polar surface area (TPSA) is 55.1 Å². The van der Waals surface area contributed by atoms with Crippen molar-refractivity contribution in [1.82, 2.24) is 0 Å². The summed E-state index contributed by atoms with van der Waals surface area (Å²) in [6.45, 7) is 1.82. The third kappa shape index (κ3) is 4.20. The van der Waals surface area contributed by atoms with E-state index >= 15 is 0 Å². The standard InChI is InChI=1S/C12H13F3N2OS/c1-2-3-10(18)17-9-5-4-7(12(13,14)15)6-8(9)11(16)19/h4-6H,2-3H2,1H3,(H2,16,19)(H,17,18). The maximum Gasteiger partial charge on any atom is 0.416 e. The summed E-state index contributed by atoms with van der Waals surface area (Å²) in [6.07, 6.45) is -3.57. The fourth-order valence-corrected chi connectivity index (χ4v) is 1.64. The van der Waals surface area contributed by atoms with E-state index in [1.165, 1.54) is 0 Å². The van der Waals surface area contributed by atoms with Gasteiger partial charge in [0.05, 0.1) is 11.3 Å². The number of amides is 1. The Kier molecular flexibility index (Phi) is 4.88. The lowest BCUT2D eigenvalue weighted by Gasteiger charge is -2.13. The quantitative estimate of drug-likeness (QED) is 0.838. The van der Waals surface area contributed by atoms with Crippen LogP contribution in [0.15, 0.2) is 18.2 Å². The normalized spacial score (nSPS) is 11.2. The van der Waals surface area contributed by atoms with Gasteiger partial charge in [0, 0.05) is 12.0 Å². The fraction of sp³-hybridized carbons (Fsp3) is 0.333. The van der Waals surface area contributed by atoms with E-state index in [1.807, 2.05) is 6.92 Å². The largest absolute Gasteiger partial charge is 0.416 e. The summed E-state index contributed by atoms with van der Waals surface area (Å²) in [4.78, 5) is 11.3. The number of hydrogen-bond donors (Lipinski definition) is 2. The highest BCUT2D eigenvalue weighted by Crippen LogP contribution is 2.31. The molecule has 0 spiro atoms. The molecule has 0 saturated heterocycles. The van der Waals surface area contributed by atoms with Gasteiger partial charge in [-0.3, -0.25) is 4.79 Å². The van der Waals surface area contributed by atoms with Crippen molar-refractivity contribution in [3.8, 4) is 0 Å². The number of thiocarbonyl (C=S) groups is 1. The Hall–Kier alpha value is -1.63. The zero-order chi connectivity index (χ0) is 14.6.